The summed E-state index contributed by atoms with van der Waals surface area (Å²) in [6.45, 7) is 4.22. The number of ether oxygens (including phenoxy) is 1. The van der Waals surface area contributed by atoms with Gasteiger partial charge in [-0.05, 0) is 25.0 Å². The van der Waals surface area contributed by atoms with E-state index in [0.717, 1.165) is 12.1 Å². The number of non-ortho nitro benzene ring substituents is 1. The van der Waals surface area contributed by atoms with Gasteiger partial charge in [0.05, 0.1) is 23.2 Å². The molecule has 2 fully saturated rings. The summed E-state index contributed by atoms with van der Waals surface area (Å²) >= 11 is 0. The summed E-state index contributed by atoms with van der Waals surface area (Å²) in [7, 11) is 0. The van der Waals surface area contributed by atoms with Gasteiger partial charge in [-0.1, -0.05) is 6.92 Å². The first kappa shape index (κ1) is 18.4. The first-order valence-corrected chi connectivity index (χ1v) is 9.14. The second-order valence-electron chi connectivity index (χ2n) is 7.42. The van der Waals surface area contributed by atoms with Crippen molar-refractivity contribution in [1.29, 1.82) is 0 Å². The Morgan fingerprint density at radius 3 is 2.57 bits per heavy atom. The summed E-state index contributed by atoms with van der Waals surface area (Å²) in [4.78, 5) is 50.2. The van der Waals surface area contributed by atoms with E-state index in [0.29, 0.717) is 12.1 Å². The first-order chi connectivity index (χ1) is 13.3. The van der Waals surface area contributed by atoms with E-state index in [-0.39, 0.29) is 18.2 Å². The maximum Gasteiger partial charge on any atom is 0.328 e. The van der Waals surface area contributed by atoms with Gasteiger partial charge in [-0.15, -0.1) is 0 Å². The number of nitrogens with one attached hydrogen (secondary N) is 2. The molecule has 3 aliphatic rings. The molecule has 0 radical (unpaired) electrons. The fourth-order valence-corrected chi connectivity index (χ4v) is 4.65. The van der Waals surface area contributed by atoms with Crippen LogP contribution in [0, 0.1) is 15.5 Å². The molecule has 10 nitrogen and oxygen atoms in total. The lowest BCUT2D eigenvalue weighted by Gasteiger charge is -2.55. The van der Waals surface area contributed by atoms with Crippen LogP contribution in [-0.2, 0) is 20.7 Å². The molecule has 148 valence electrons. The molecular formula is C18H20N4O6. The largest absolute Gasteiger partial charge is 0.371 e. The number of carbonyl (C=O) groups excluding carboxylic acids is 3. The Morgan fingerprint density at radius 1 is 1.29 bits per heavy atom. The number of nitrogens with zero attached hydrogens (tertiary/aromatic N) is 2. The highest BCUT2D eigenvalue weighted by Crippen LogP contribution is 2.47. The topological polar surface area (TPSA) is 131 Å². The van der Waals surface area contributed by atoms with E-state index in [2.05, 4.69) is 10.6 Å². The molecule has 0 aromatic heterocycles. The van der Waals surface area contributed by atoms with Gasteiger partial charge in [0.1, 0.15) is 0 Å². The Morgan fingerprint density at radius 2 is 1.96 bits per heavy atom. The minimum atomic E-state index is -1.62. The Labute approximate surface area is 160 Å². The molecule has 1 aromatic carbocycles. The molecule has 2 saturated heterocycles. The third-order valence-corrected chi connectivity index (χ3v) is 5.87. The van der Waals surface area contributed by atoms with Gasteiger partial charge in [0.2, 0.25) is 11.8 Å². The minimum absolute atomic E-state index is 0.0549. The molecule has 0 unspecified atom stereocenters. The van der Waals surface area contributed by atoms with Crippen molar-refractivity contribution in [3.63, 3.8) is 0 Å². The van der Waals surface area contributed by atoms with Crippen molar-refractivity contribution in [1.82, 2.24) is 10.6 Å². The molecule has 0 aliphatic carbocycles. The average molecular weight is 388 g/mol. The molecule has 3 aliphatic heterocycles. The quantitative estimate of drug-likeness (QED) is 0.437. The van der Waals surface area contributed by atoms with Crippen LogP contribution in [0.15, 0.2) is 18.2 Å². The van der Waals surface area contributed by atoms with Crippen LogP contribution < -0.4 is 15.5 Å². The number of nitro benzene ring substituents is 1. The highest BCUT2D eigenvalue weighted by Gasteiger charge is 2.62. The maximum absolute atomic E-state index is 13.0. The molecule has 28 heavy (non-hydrogen) atoms. The van der Waals surface area contributed by atoms with E-state index >= 15 is 0 Å². The number of benzene rings is 1. The second-order valence-corrected chi connectivity index (χ2v) is 7.42. The van der Waals surface area contributed by atoms with E-state index < -0.39 is 40.3 Å². The Kier molecular flexibility index (Phi) is 4.11. The SMILES string of the molecule is CC[C@@H]1CN2c3ccc([N+](=O)[O-])cc3CC3(C(=O)NC(=O)NC3=O)[C@H]2[C@H](C)O1. The van der Waals surface area contributed by atoms with Gasteiger partial charge < -0.3 is 9.64 Å². The molecule has 4 rings (SSSR count). The van der Waals surface area contributed by atoms with Crippen molar-refractivity contribution < 1.29 is 24.0 Å². The number of barbiturate groups is 1. The smallest absolute Gasteiger partial charge is 0.328 e. The van der Waals surface area contributed by atoms with Gasteiger partial charge in [-0.3, -0.25) is 30.3 Å². The molecule has 0 saturated carbocycles. The van der Waals surface area contributed by atoms with Gasteiger partial charge in [0, 0.05) is 30.8 Å². The van der Waals surface area contributed by atoms with Crippen LogP contribution in [0.2, 0.25) is 0 Å². The highest BCUT2D eigenvalue weighted by molar-refractivity contribution is 6.20. The zero-order valence-electron chi connectivity index (χ0n) is 15.4. The van der Waals surface area contributed by atoms with Crippen LogP contribution in [0.3, 0.4) is 0 Å². The highest BCUT2D eigenvalue weighted by atomic mass is 16.6. The zero-order chi connectivity index (χ0) is 20.2. The van der Waals surface area contributed by atoms with Gasteiger partial charge in [-0.25, -0.2) is 4.79 Å². The number of hydrogen-bond acceptors (Lipinski definition) is 7. The van der Waals surface area contributed by atoms with Crippen LogP contribution in [0.5, 0.6) is 0 Å². The van der Waals surface area contributed by atoms with Crippen molar-refractivity contribution in [2.45, 2.75) is 44.9 Å². The molecular weight excluding hydrogens is 368 g/mol. The third-order valence-electron chi connectivity index (χ3n) is 5.87. The number of imide groups is 2. The minimum Gasteiger partial charge on any atom is -0.371 e. The van der Waals surface area contributed by atoms with Crippen LogP contribution >= 0.6 is 0 Å². The van der Waals surface area contributed by atoms with E-state index in [1.165, 1.54) is 12.1 Å². The molecule has 1 spiro atoms. The van der Waals surface area contributed by atoms with Crippen LogP contribution in [0.4, 0.5) is 16.2 Å². The van der Waals surface area contributed by atoms with Gasteiger partial charge in [0.25, 0.3) is 5.69 Å². The van der Waals surface area contributed by atoms with E-state index in [4.69, 9.17) is 4.74 Å². The number of carbonyl (C=O) groups is 3. The second kappa shape index (κ2) is 6.26. The summed E-state index contributed by atoms with van der Waals surface area (Å²) in [6, 6.07) is 2.96. The predicted octanol–water partition coefficient (Wildman–Crippen LogP) is 0.876. The summed E-state index contributed by atoms with van der Waals surface area (Å²) in [6.07, 6.45) is 0.105. The van der Waals surface area contributed by atoms with Crippen molar-refractivity contribution in [2.75, 3.05) is 11.4 Å². The fraction of sp³-hybridized carbons (Fsp3) is 0.500. The lowest BCUT2D eigenvalue weighted by atomic mass is 9.66. The van der Waals surface area contributed by atoms with Gasteiger partial charge in [-0.2, -0.15) is 0 Å². The summed E-state index contributed by atoms with van der Waals surface area (Å²) in [5.74, 6) is -1.42. The van der Waals surface area contributed by atoms with Crippen molar-refractivity contribution in [3.8, 4) is 0 Å². The first-order valence-electron chi connectivity index (χ1n) is 9.14. The monoisotopic (exact) mass is 388 g/mol. The number of anilines is 1. The van der Waals surface area contributed by atoms with Crippen molar-refractivity contribution in [2.24, 2.45) is 5.41 Å². The van der Waals surface area contributed by atoms with Crippen molar-refractivity contribution in [3.05, 3.63) is 33.9 Å². The lowest BCUT2D eigenvalue weighted by Crippen LogP contribution is -2.75. The van der Waals surface area contributed by atoms with Gasteiger partial charge in [0.15, 0.2) is 5.41 Å². The standard InChI is InChI=1S/C18H20N4O6/c1-3-12-8-21-13-5-4-11(22(26)27)6-10(13)7-18(14(21)9(2)28-12)15(23)19-17(25)20-16(18)24/h4-6,9,12,14H,3,7-8H2,1-2H3,(H2,19,20,23,24,25)/t9-,12+,14+/m0/s1. The molecule has 4 amide bonds. The number of hydrogen-bond donors (Lipinski definition) is 2. The number of morpholine rings is 1. The number of fused-ring (bicyclic) bond motifs is 4. The lowest BCUT2D eigenvalue weighted by molar-refractivity contribution is -0.384. The molecule has 2 N–H and O–H groups in total. The van der Waals surface area contributed by atoms with E-state index in [1.54, 1.807) is 13.0 Å². The molecule has 3 atom stereocenters. The van der Waals surface area contributed by atoms with Crippen molar-refractivity contribution >= 4 is 29.2 Å². The normalized spacial score (nSPS) is 28.3. The number of amides is 4. The predicted molar refractivity (Wildman–Crippen MR) is 96.7 cm³/mol. The number of rotatable bonds is 2. The molecule has 10 heteroatoms. The van der Waals surface area contributed by atoms with Gasteiger partial charge >= 0.3 is 6.03 Å². The van der Waals surface area contributed by atoms with Crippen LogP contribution in [0.25, 0.3) is 0 Å². The molecule has 3 heterocycles. The Hall–Kier alpha value is -3.01. The summed E-state index contributed by atoms with van der Waals surface area (Å²) in [5.41, 5.74) is -0.469. The average Bonchev–Trinajstić information content (AvgIpc) is 2.64. The maximum atomic E-state index is 13.0. The summed E-state index contributed by atoms with van der Waals surface area (Å²) in [5, 5.41) is 15.6. The fourth-order valence-electron chi connectivity index (χ4n) is 4.65. The zero-order valence-corrected chi connectivity index (χ0v) is 15.4. The number of urea groups is 1. The number of nitro groups is 1. The van der Waals surface area contributed by atoms with Crippen LogP contribution in [-0.4, -0.2) is 47.6 Å². The molecule has 1 aromatic rings. The van der Waals surface area contributed by atoms with E-state index in [9.17, 15) is 24.5 Å². The molecule has 0 bridgehead atoms. The Balaban J connectivity index is 1.90. The third kappa shape index (κ3) is 2.48. The van der Waals surface area contributed by atoms with Crippen LogP contribution in [0.1, 0.15) is 25.8 Å². The van der Waals surface area contributed by atoms with E-state index in [1.807, 2.05) is 11.8 Å². The Bertz CT molecular complexity index is 880. The summed E-state index contributed by atoms with van der Waals surface area (Å²) < 4.78 is 6.04.